The monoisotopic (exact) mass is 310 g/mol. The van der Waals surface area contributed by atoms with Gasteiger partial charge in [-0.2, -0.15) is 23.5 Å². The third-order valence-electron chi connectivity index (χ3n) is 3.34. The van der Waals surface area contributed by atoms with Crippen molar-refractivity contribution in [3.8, 4) is 0 Å². The first-order valence-electron chi connectivity index (χ1n) is 8.10. The average molecular weight is 311 g/mol. The molecule has 1 rings (SSSR count). The molecule has 0 amide bonds. The van der Waals surface area contributed by atoms with E-state index < -0.39 is 0 Å². The van der Waals surface area contributed by atoms with Crippen LogP contribution in [0.2, 0.25) is 0 Å². The van der Waals surface area contributed by atoms with E-state index in [0.717, 1.165) is 0 Å². The van der Waals surface area contributed by atoms with E-state index in [1.165, 1.54) is 72.7 Å². The highest BCUT2D eigenvalue weighted by atomic mass is 32.2. The van der Waals surface area contributed by atoms with Gasteiger partial charge in [0, 0.05) is 11.5 Å². The summed E-state index contributed by atoms with van der Waals surface area (Å²) in [6.07, 6.45) is 8.14. The Kier molecular flexibility index (Phi) is 11.4. The van der Waals surface area contributed by atoms with Gasteiger partial charge in [0.15, 0.2) is 0 Å². The van der Waals surface area contributed by atoms with Crippen LogP contribution in [0.5, 0.6) is 0 Å². The van der Waals surface area contributed by atoms with Crippen LogP contribution in [0.3, 0.4) is 0 Å². The summed E-state index contributed by atoms with van der Waals surface area (Å²) >= 11 is 4.15. The van der Waals surface area contributed by atoms with Crippen molar-refractivity contribution >= 4 is 23.5 Å². The molecule has 20 heavy (non-hydrogen) atoms. The predicted octanol–water partition coefficient (Wildman–Crippen LogP) is 6.53. The van der Waals surface area contributed by atoms with E-state index >= 15 is 0 Å². The summed E-state index contributed by atoms with van der Waals surface area (Å²) < 4.78 is 0. The molecule has 0 aromatic heterocycles. The molecule has 0 aliphatic rings. The Bertz CT molecular complexity index is 286. The van der Waals surface area contributed by atoms with Gasteiger partial charge in [0.25, 0.3) is 0 Å². The van der Waals surface area contributed by atoms with Crippen molar-refractivity contribution in [2.24, 2.45) is 0 Å². The third-order valence-corrected chi connectivity index (χ3v) is 5.57. The predicted molar refractivity (Wildman–Crippen MR) is 97.8 cm³/mol. The van der Waals surface area contributed by atoms with Crippen LogP contribution in [0.1, 0.15) is 63.5 Å². The quantitative estimate of drug-likeness (QED) is 0.402. The zero-order valence-electron chi connectivity index (χ0n) is 13.2. The standard InChI is InChI=1S/C18H30S2/c1-3-5-7-13-19-15-17-9-11-18(12-10-17)16-20-14-8-6-4-2/h9-12H,3-8,13-16H2,1-2H3. The molecule has 0 N–H and O–H groups in total. The maximum atomic E-state index is 2.31. The molecule has 0 unspecified atom stereocenters. The lowest BCUT2D eigenvalue weighted by molar-refractivity contribution is 0.778. The second-order valence-electron chi connectivity index (χ2n) is 5.34. The summed E-state index contributed by atoms with van der Waals surface area (Å²) in [7, 11) is 0. The van der Waals surface area contributed by atoms with E-state index in [4.69, 9.17) is 0 Å². The normalized spacial score (nSPS) is 10.9. The molecule has 1 aromatic carbocycles. The van der Waals surface area contributed by atoms with Gasteiger partial charge in [-0.3, -0.25) is 0 Å². The van der Waals surface area contributed by atoms with E-state index in [0.29, 0.717) is 0 Å². The molecule has 1 aromatic rings. The Labute approximate surface area is 134 Å². The molecule has 0 saturated heterocycles. The minimum Gasteiger partial charge on any atom is -0.157 e. The van der Waals surface area contributed by atoms with Gasteiger partial charge in [-0.05, 0) is 35.5 Å². The number of thioether (sulfide) groups is 2. The maximum Gasteiger partial charge on any atom is 0.0184 e. The first kappa shape index (κ1) is 18.0. The van der Waals surface area contributed by atoms with Crippen LogP contribution in [0.15, 0.2) is 24.3 Å². The van der Waals surface area contributed by atoms with Gasteiger partial charge in [0.05, 0.1) is 0 Å². The van der Waals surface area contributed by atoms with Gasteiger partial charge in [0.1, 0.15) is 0 Å². The topological polar surface area (TPSA) is 0 Å². The molecule has 0 heterocycles. The van der Waals surface area contributed by atoms with Gasteiger partial charge in [-0.15, -0.1) is 0 Å². The molecule has 0 aliphatic heterocycles. The van der Waals surface area contributed by atoms with Crippen LogP contribution in [0, 0.1) is 0 Å². The van der Waals surface area contributed by atoms with Crippen LogP contribution in [0.25, 0.3) is 0 Å². The second kappa shape index (κ2) is 12.6. The van der Waals surface area contributed by atoms with Crippen molar-refractivity contribution in [1.82, 2.24) is 0 Å². The van der Waals surface area contributed by atoms with Crippen molar-refractivity contribution in [2.45, 2.75) is 63.9 Å². The summed E-state index contributed by atoms with van der Waals surface area (Å²) in [6.45, 7) is 4.54. The van der Waals surface area contributed by atoms with E-state index in [1.807, 2.05) is 0 Å². The molecule has 2 heteroatoms. The van der Waals surface area contributed by atoms with E-state index in [9.17, 15) is 0 Å². The van der Waals surface area contributed by atoms with Gasteiger partial charge >= 0.3 is 0 Å². The highest BCUT2D eigenvalue weighted by Crippen LogP contribution is 2.18. The van der Waals surface area contributed by atoms with Gasteiger partial charge in [-0.25, -0.2) is 0 Å². The Balaban J connectivity index is 2.13. The fourth-order valence-electron chi connectivity index (χ4n) is 2.02. The molecule has 0 nitrogen and oxygen atoms in total. The minimum atomic E-state index is 1.17. The van der Waals surface area contributed by atoms with Gasteiger partial charge in [0.2, 0.25) is 0 Å². The van der Waals surface area contributed by atoms with E-state index in [-0.39, 0.29) is 0 Å². The van der Waals surface area contributed by atoms with Crippen molar-refractivity contribution in [1.29, 1.82) is 0 Å². The molecule has 0 atom stereocenters. The summed E-state index contributed by atoms with van der Waals surface area (Å²) in [5.41, 5.74) is 2.96. The van der Waals surface area contributed by atoms with Crippen LogP contribution in [-0.4, -0.2) is 11.5 Å². The molecule has 0 bridgehead atoms. The first-order chi connectivity index (χ1) is 9.86. The molecule has 0 radical (unpaired) electrons. The Morgan fingerprint density at radius 1 is 0.650 bits per heavy atom. The van der Waals surface area contributed by atoms with Crippen molar-refractivity contribution < 1.29 is 0 Å². The molecule has 0 saturated carbocycles. The summed E-state index contributed by atoms with van der Waals surface area (Å²) in [4.78, 5) is 0. The Hall–Kier alpha value is -0.0800. The number of hydrogen-bond acceptors (Lipinski definition) is 2. The van der Waals surface area contributed by atoms with E-state index in [1.54, 1.807) is 0 Å². The summed E-state index contributed by atoms with van der Waals surface area (Å²) in [6, 6.07) is 9.26. The molecular formula is C18H30S2. The highest BCUT2D eigenvalue weighted by molar-refractivity contribution is 7.98. The third kappa shape index (κ3) is 8.97. The highest BCUT2D eigenvalue weighted by Gasteiger charge is 1.97. The van der Waals surface area contributed by atoms with Gasteiger partial charge < -0.3 is 0 Å². The second-order valence-corrected chi connectivity index (χ2v) is 7.55. The fraction of sp³-hybridized carbons (Fsp3) is 0.667. The zero-order chi connectivity index (χ0) is 14.5. The van der Waals surface area contributed by atoms with Crippen LogP contribution < -0.4 is 0 Å². The summed E-state index contributed by atoms with van der Waals surface area (Å²) in [5, 5.41) is 0. The average Bonchev–Trinajstić information content (AvgIpc) is 2.48. The minimum absolute atomic E-state index is 1.17. The lowest BCUT2D eigenvalue weighted by Crippen LogP contribution is -1.87. The zero-order valence-corrected chi connectivity index (χ0v) is 14.8. The van der Waals surface area contributed by atoms with Crippen LogP contribution >= 0.6 is 23.5 Å². The largest absolute Gasteiger partial charge is 0.157 e. The lowest BCUT2D eigenvalue weighted by atomic mass is 10.2. The maximum absolute atomic E-state index is 2.31. The Morgan fingerprint density at radius 3 is 1.40 bits per heavy atom. The molecule has 0 aliphatic carbocycles. The fourth-order valence-corrected chi connectivity index (χ4v) is 3.98. The van der Waals surface area contributed by atoms with Gasteiger partial charge in [-0.1, -0.05) is 63.8 Å². The number of unbranched alkanes of at least 4 members (excludes halogenated alkanes) is 4. The molecular weight excluding hydrogens is 280 g/mol. The van der Waals surface area contributed by atoms with Crippen molar-refractivity contribution in [3.05, 3.63) is 35.4 Å². The Morgan fingerprint density at radius 2 is 1.05 bits per heavy atom. The smallest absolute Gasteiger partial charge is 0.0184 e. The SMILES string of the molecule is CCCCCSCc1ccc(CSCCCCC)cc1. The molecule has 114 valence electrons. The molecule has 0 fully saturated rings. The van der Waals surface area contributed by atoms with Crippen LogP contribution in [-0.2, 0) is 11.5 Å². The van der Waals surface area contributed by atoms with Crippen LogP contribution in [0.4, 0.5) is 0 Å². The first-order valence-corrected chi connectivity index (χ1v) is 10.4. The van der Waals surface area contributed by atoms with Crippen molar-refractivity contribution in [3.63, 3.8) is 0 Å². The molecule has 0 spiro atoms. The lowest BCUT2D eigenvalue weighted by Gasteiger charge is -2.05. The summed E-state index contributed by atoms with van der Waals surface area (Å²) in [5.74, 6) is 4.97. The number of rotatable bonds is 12. The van der Waals surface area contributed by atoms with E-state index in [2.05, 4.69) is 61.6 Å². The van der Waals surface area contributed by atoms with Crippen molar-refractivity contribution in [2.75, 3.05) is 11.5 Å². The number of hydrogen-bond donors (Lipinski definition) is 0. The number of benzene rings is 1.